The van der Waals surface area contributed by atoms with Crippen molar-refractivity contribution in [1.29, 1.82) is 0 Å². The summed E-state index contributed by atoms with van der Waals surface area (Å²) in [6.45, 7) is 5.87. The number of carbonyl (C=O) groups excluding carboxylic acids is 2. The molecule has 0 atom stereocenters. The zero-order chi connectivity index (χ0) is 22.8. The third-order valence-electron chi connectivity index (χ3n) is 5.91. The Balaban J connectivity index is 1.70. The Hall–Kier alpha value is -3.68. The summed E-state index contributed by atoms with van der Waals surface area (Å²) in [4.78, 5) is 43.8. The maximum atomic E-state index is 13.1. The molecule has 3 N–H and O–H groups in total. The second kappa shape index (κ2) is 8.82. The molecular formula is C24H27N5O3. The quantitative estimate of drug-likeness (QED) is 0.643. The van der Waals surface area contributed by atoms with Gasteiger partial charge in [0.25, 0.3) is 11.5 Å². The number of rotatable bonds is 5. The molecule has 2 heterocycles. The van der Waals surface area contributed by atoms with Gasteiger partial charge < -0.3 is 20.5 Å². The molecular weight excluding hydrogens is 406 g/mol. The summed E-state index contributed by atoms with van der Waals surface area (Å²) in [6, 6.07) is 10.3. The summed E-state index contributed by atoms with van der Waals surface area (Å²) in [6.07, 6.45) is 3.35. The lowest BCUT2D eigenvalue weighted by atomic mass is 10.1. The summed E-state index contributed by atoms with van der Waals surface area (Å²) < 4.78 is 1.64. The third kappa shape index (κ3) is 4.08. The van der Waals surface area contributed by atoms with Gasteiger partial charge in [0, 0.05) is 30.8 Å². The predicted octanol–water partition coefficient (Wildman–Crippen LogP) is 3.07. The lowest BCUT2D eigenvalue weighted by Gasteiger charge is -2.30. The molecule has 1 aromatic heterocycles. The highest BCUT2D eigenvalue weighted by Crippen LogP contribution is 2.30. The maximum Gasteiger partial charge on any atom is 0.272 e. The molecule has 8 nitrogen and oxygen atoms in total. The maximum absolute atomic E-state index is 13.1. The van der Waals surface area contributed by atoms with E-state index < -0.39 is 5.91 Å². The zero-order valence-corrected chi connectivity index (χ0v) is 18.4. The number of anilines is 2. The number of piperidine rings is 1. The van der Waals surface area contributed by atoms with E-state index >= 15 is 0 Å². The molecule has 2 aromatic carbocycles. The molecule has 0 bridgehead atoms. The van der Waals surface area contributed by atoms with Crippen LogP contribution in [-0.4, -0.2) is 34.5 Å². The molecule has 32 heavy (non-hydrogen) atoms. The van der Waals surface area contributed by atoms with Crippen LogP contribution in [-0.2, 0) is 6.54 Å². The highest BCUT2D eigenvalue weighted by Gasteiger charge is 2.19. The lowest BCUT2D eigenvalue weighted by Crippen LogP contribution is -2.30. The number of nitrogens with one attached hydrogen (secondary N) is 1. The molecule has 1 fully saturated rings. The normalized spacial score (nSPS) is 13.9. The highest BCUT2D eigenvalue weighted by atomic mass is 16.2. The van der Waals surface area contributed by atoms with Gasteiger partial charge in [-0.3, -0.25) is 14.4 Å². The van der Waals surface area contributed by atoms with Gasteiger partial charge in [-0.1, -0.05) is 0 Å². The Morgan fingerprint density at radius 2 is 1.78 bits per heavy atom. The van der Waals surface area contributed by atoms with E-state index in [2.05, 4.69) is 15.2 Å². The molecule has 1 saturated heterocycles. The van der Waals surface area contributed by atoms with Crippen LogP contribution in [0.5, 0.6) is 0 Å². The van der Waals surface area contributed by atoms with Crippen LogP contribution in [0.15, 0.2) is 41.2 Å². The lowest BCUT2D eigenvalue weighted by molar-refractivity contribution is 0.0996. The van der Waals surface area contributed by atoms with Crippen molar-refractivity contribution in [3.05, 3.63) is 63.6 Å². The number of nitrogens with two attached hydrogens (primary N) is 1. The SMILES string of the molecule is CCn1c(=O)c(C)nc2cc(C(=O)Nc3cc(C(N)=O)ccc3N3CCCCC3)ccc21. The zero-order valence-electron chi connectivity index (χ0n) is 18.4. The number of aromatic nitrogens is 2. The van der Waals surface area contributed by atoms with Gasteiger partial charge in [0.1, 0.15) is 5.69 Å². The monoisotopic (exact) mass is 433 g/mol. The fourth-order valence-corrected chi connectivity index (χ4v) is 4.22. The fourth-order valence-electron chi connectivity index (χ4n) is 4.22. The van der Waals surface area contributed by atoms with Crippen molar-refractivity contribution in [2.24, 2.45) is 5.73 Å². The van der Waals surface area contributed by atoms with Gasteiger partial charge in [-0.15, -0.1) is 0 Å². The number of fused-ring (bicyclic) bond motifs is 1. The fraction of sp³-hybridized carbons (Fsp3) is 0.333. The van der Waals surface area contributed by atoms with Crippen molar-refractivity contribution in [2.45, 2.75) is 39.7 Å². The summed E-state index contributed by atoms with van der Waals surface area (Å²) in [5.74, 6) is -0.867. The molecule has 1 aliphatic heterocycles. The smallest absolute Gasteiger partial charge is 0.272 e. The first-order valence-corrected chi connectivity index (χ1v) is 10.9. The summed E-state index contributed by atoms with van der Waals surface area (Å²) >= 11 is 0. The van der Waals surface area contributed by atoms with E-state index in [-0.39, 0.29) is 11.5 Å². The van der Waals surface area contributed by atoms with Crippen molar-refractivity contribution < 1.29 is 9.59 Å². The van der Waals surface area contributed by atoms with Gasteiger partial charge in [-0.25, -0.2) is 4.98 Å². The van der Waals surface area contributed by atoms with E-state index in [0.29, 0.717) is 40.1 Å². The average Bonchev–Trinajstić information content (AvgIpc) is 2.80. The van der Waals surface area contributed by atoms with Crippen molar-refractivity contribution in [1.82, 2.24) is 9.55 Å². The van der Waals surface area contributed by atoms with Crippen molar-refractivity contribution >= 4 is 34.2 Å². The molecule has 3 aromatic rings. The number of benzene rings is 2. The number of hydrogen-bond donors (Lipinski definition) is 2. The molecule has 0 aliphatic carbocycles. The van der Waals surface area contributed by atoms with Crippen LogP contribution in [0.3, 0.4) is 0 Å². The minimum absolute atomic E-state index is 0.133. The van der Waals surface area contributed by atoms with Gasteiger partial charge in [0.2, 0.25) is 5.91 Å². The minimum atomic E-state index is -0.548. The number of nitrogens with zero attached hydrogens (tertiary/aromatic N) is 3. The Morgan fingerprint density at radius 3 is 2.47 bits per heavy atom. The molecule has 0 radical (unpaired) electrons. The Bertz CT molecular complexity index is 1260. The number of amides is 2. The molecule has 0 spiro atoms. The summed E-state index contributed by atoms with van der Waals surface area (Å²) in [5, 5.41) is 2.95. The Labute approximate surface area is 186 Å². The van der Waals surface area contributed by atoms with E-state index in [0.717, 1.165) is 31.6 Å². The second-order valence-corrected chi connectivity index (χ2v) is 8.05. The van der Waals surface area contributed by atoms with E-state index in [9.17, 15) is 14.4 Å². The second-order valence-electron chi connectivity index (χ2n) is 8.05. The number of carbonyl (C=O) groups is 2. The van der Waals surface area contributed by atoms with Crippen molar-refractivity contribution in [3.63, 3.8) is 0 Å². The van der Waals surface area contributed by atoms with E-state index in [4.69, 9.17) is 5.73 Å². The van der Waals surface area contributed by atoms with E-state index in [1.54, 1.807) is 41.8 Å². The van der Waals surface area contributed by atoms with Crippen LogP contribution in [0.4, 0.5) is 11.4 Å². The van der Waals surface area contributed by atoms with Crippen LogP contribution in [0, 0.1) is 6.92 Å². The molecule has 4 rings (SSSR count). The first-order chi connectivity index (χ1) is 15.4. The minimum Gasteiger partial charge on any atom is -0.370 e. The van der Waals surface area contributed by atoms with Gasteiger partial charge in [0.05, 0.1) is 22.4 Å². The molecule has 0 unspecified atom stereocenters. The van der Waals surface area contributed by atoms with Crippen LogP contribution in [0.1, 0.15) is 52.6 Å². The predicted molar refractivity (Wildman–Crippen MR) is 125 cm³/mol. The molecule has 166 valence electrons. The largest absolute Gasteiger partial charge is 0.370 e. The Morgan fingerprint density at radius 1 is 1.06 bits per heavy atom. The van der Waals surface area contributed by atoms with Crippen molar-refractivity contribution in [2.75, 3.05) is 23.3 Å². The summed E-state index contributed by atoms with van der Waals surface area (Å²) in [7, 11) is 0. The summed E-state index contributed by atoms with van der Waals surface area (Å²) in [5.41, 5.74) is 9.17. The van der Waals surface area contributed by atoms with E-state index in [1.807, 2.05) is 13.0 Å². The number of hydrogen-bond acceptors (Lipinski definition) is 5. The van der Waals surface area contributed by atoms with E-state index in [1.165, 1.54) is 6.42 Å². The first kappa shape index (κ1) is 21.5. The molecule has 1 aliphatic rings. The highest BCUT2D eigenvalue weighted by molar-refractivity contribution is 6.08. The van der Waals surface area contributed by atoms with Crippen LogP contribution in [0.25, 0.3) is 11.0 Å². The van der Waals surface area contributed by atoms with Crippen LogP contribution >= 0.6 is 0 Å². The standard InChI is InChI=1S/C24H27N5O3/c1-3-29-21-10-8-17(14-19(21)26-15(2)24(29)32)23(31)27-18-13-16(22(25)30)7-9-20(18)28-11-5-4-6-12-28/h7-10,13-14H,3-6,11-12H2,1-2H3,(H2,25,30)(H,27,31). The van der Waals surface area contributed by atoms with Gasteiger partial charge in [-0.05, 0) is 69.5 Å². The molecule has 0 saturated carbocycles. The number of aryl methyl sites for hydroxylation is 2. The van der Waals surface area contributed by atoms with Gasteiger partial charge in [0.15, 0.2) is 0 Å². The molecule has 2 amide bonds. The van der Waals surface area contributed by atoms with Crippen LogP contribution in [0.2, 0.25) is 0 Å². The third-order valence-corrected chi connectivity index (χ3v) is 5.91. The number of primary amides is 1. The molecule has 8 heteroatoms. The van der Waals surface area contributed by atoms with Crippen molar-refractivity contribution in [3.8, 4) is 0 Å². The first-order valence-electron chi connectivity index (χ1n) is 10.9. The van der Waals surface area contributed by atoms with Crippen LogP contribution < -0.4 is 21.5 Å². The topological polar surface area (TPSA) is 110 Å². The Kier molecular flexibility index (Phi) is 5.94. The van der Waals surface area contributed by atoms with Gasteiger partial charge >= 0.3 is 0 Å². The van der Waals surface area contributed by atoms with Gasteiger partial charge in [-0.2, -0.15) is 0 Å². The average molecular weight is 434 g/mol.